The van der Waals surface area contributed by atoms with Crippen LogP contribution in [0.5, 0.6) is 0 Å². The van der Waals surface area contributed by atoms with E-state index in [1.165, 1.54) is 5.56 Å². The molecule has 2 rings (SSSR count). The number of hydrogen-bond donors (Lipinski definition) is 1. The predicted molar refractivity (Wildman–Crippen MR) is 86.9 cm³/mol. The minimum Gasteiger partial charge on any atom is -0.307 e. The number of rotatable bonds is 6. The Hall–Kier alpha value is -1.72. The molecule has 0 aliphatic rings. The lowest BCUT2D eigenvalue weighted by Gasteiger charge is -2.20. The molecule has 0 aliphatic carbocycles. The summed E-state index contributed by atoms with van der Waals surface area (Å²) < 4.78 is 0. The number of aryl methyl sites for hydroxylation is 1. The molecule has 21 heavy (non-hydrogen) atoms. The molecule has 0 saturated carbocycles. The second kappa shape index (κ2) is 6.83. The van der Waals surface area contributed by atoms with Crippen molar-refractivity contribution in [2.75, 3.05) is 0 Å². The van der Waals surface area contributed by atoms with E-state index in [0.717, 1.165) is 12.0 Å². The van der Waals surface area contributed by atoms with Crippen molar-refractivity contribution in [3.05, 3.63) is 61.8 Å². The van der Waals surface area contributed by atoms with E-state index < -0.39 is 0 Å². The number of nitrogens with one attached hydrogen (secondary N) is 1. The fourth-order valence-corrected chi connectivity index (χ4v) is 3.12. The first-order valence-corrected chi connectivity index (χ1v) is 7.93. The Morgan fingerprint density at radius 2 is 2.10 bits per heavy atom. The number of nitro benzene ring substituents is 1. The van der Waals surface area contributed by atoms with Gasteiger partial charge in [0.1, 0.15) is 0 Å². The topological polar surface area (TPSA) is 55.2 Å². The van der Waals surface area contributed by atoms with Crippen LogP contribution in [-0.2, 0) is 6.42 Å². The van der Waals surface area contributed by atoms with Crippen LogP contribution in [0.1, 0.15) is 36.6 Å². The Balaban J connectivity index is 2.04. The zero-order chi connectivity index (χ0) is 15.4. The summed E-state index contributed by atoms with van der Waals surface area (Å²) in [5.74, 6) is 0. The standard InChI is InChI=1S/C16H20N2O2S/c1-11-4-5-15(9-16(11)18(19)20)13(3)17-12(2)8-14-6-7-21-10-14/h4-7,9-10,12-13,17H,8H2,1-3H3. The average molecular weight is 304 g/mol. The third-order valence-corrected chi connectivity index (χ3v) is 4.32. The summed E-state index contributed by atoms with van der Waals surface area (Å²) in [6.07, 6.45) is 0.960. The van der Waals surface area contributed by atoms with Crippen molar-refractivity contribution in [2.45, 2.75) is 39.3 Å². The molecule has 0 aliphatic heterocycles. The lowest BCUT2D eigenvalue weighted by molar-refractivity contribution is -0.385. The summed E-state index contributed by atoms with van der Waals surface area (Å²) in [4.78, 5) is 10.7. The first-order valence-electron chi connectivity index (χ1n) is 6.99. The molecule has 1 N–H and O–H groups in total. The zero-order valence-corrected chi connectivity index (χ0v) is 13.3. The highest BCUT2D eigenvalue weighted by Gasteiger charge is 2.15. The molecule has 0 amide bonds. The fourth-order valence-electron chi connectivity index (χ4n) is 2.44. The van der Waals surface area contributed by atoms with E-state index in [9.17, 15) is 10.1 Å². The van der Waals surface area contributed by atoms with Crippen LogP contribution in [0.4, 0.5) is 5.69 Å². The molecule has 0 fully saturated rings. The van der Waals surface area contributed by atoms with Gasteiger partial charge in [0.15, 0.2) is 0 Å². The van der Waals surface area contributed by atoms with Crippen LogP contribution in [0.2, 0.25) is 0 Å². The van der Waals surface area contributed by atoms with Crippen LogP contribution in [-0.4, -0.2) is 11.0 Å². The van der Waals surface area contributed by atoms with Crippen LogP contribution in [0, 0.1) is 17.0 Å². The first-order chi connectivity index (χ1) is 9.97. The molecular formula is C16H20N2O2S. The predicted octanol–water partition coefficient (Wildman–Crippen LogP) is 4.25. The molecule has 0 saturated heterocycles. The van der Waals surface area contributed by atoms with Crippen molar-refractivity contribution in [1.29, 1.82) is 0 Å². The maximum Gasteiger partial charge on any atom is 0.272 e. The lowest BCUT2D eigenvalue weighted by atomic mass is 10.0. The Labute approximate surface area is 129 Å². The molecule has 2 aromatic rings. The Morgan fingerprint density at radius 1 is 1.33 bits per heavy atom. The molecule has 0 bridgehead atoms. The van der Waals surface area contributed by atoms with E-state index in [-0.39, 0.29) is 16.7 Å². The molecule has 2 atom stereocenters. The molecule has 1 aromatic heterocycles. The minimum atomic E-state index is -0.319. The fraction of sp³-hybridized carbons (Fsp3) is 0.375. The molecular weight excluding hydrogens is 284 g/mol. The van der Waals surface area contributed by atoms with Gasteiger partial charge < -0.3 is 5.32 Å². The summed E-state index contributed by atoms with van der Waals surface area (Å²) in [6.45, 7) is 5.94. The molecule has 112 valence electrons. The number of hydrogen-bond acceptors (Lipinski definition) is 4. The van der Waals surface area contributed by atoms with E-state index in [2.05, 4.69) is 29.1 Å². The van der Waals surface area contributed by atoms with Gasteiger partial charge in [0.05, 0.1) is 4.92 Å². The SMILES string of the molecule is Cc1ccc(C(C)NC(C)Cc2ccsc2)cc1[N+](=O)[O-]. The Morgan fingerprint density at radius 3 is 2.71 bits per heavy atom. The third kappa shape index (κ3) is 4.12. The van der Waals surface area contributed by atoms with Gasteiger partial charge in [0.2, 0.25) is 0 Å². The third-order valence-electron chi connectivity index (χ3n) is 3.59. The quantitative estimate of drug-likeness (QED) is 0.641. The van der Waals surface area contributed by atoms with Crippen molar-refractivity contribution >= 4 is 17.0 Å². The van der Waals surface area contributed by atoms with E-state index in [1.807, 2.05) is 19.1 Å². The summed E-state index contributed by atoms with van der Waals surface area (Å²) in [6, 6.07) is 7.97. The van der Waals surface area contributed by atoms with Gasteiger partial charge in [-0.15, -0.1) is 0 Å². The minimum absolute atomic E-state index is 0.0814. The first kappa shape index (κ1) is 15.7. The van der Waals surface area contributed by atoms with Crippen LogP contribution in [0.25, 0.3) is 0 Å². The van der Waals surface area contributed by atoms with Gasteiger partial charge in [0.25, 0.3) is 5.69 Å². The molecule has 0 spiro atoms. The highest BCUT2D eigenvalue weighted by atomic mass is 32.1. The molecule has 5 heteroatoms. The normalized spacial score (nSPS) is 13.9. The van der Waals surface area contributed by atoms with Crippen LogP contribution >= 0.6 is 11.3 Å². The maximum atomic E-state index is 11.0. The van der Waals surface area contributed by atoms with Gasteiger partial charge in [0, 0.05) is 23.7 Å². The van der Waals surface area contributed by atoms with Gasteiger partial charge in [-0.25, -0.2) is 0 Å². The lowest BCUT2D eigenvalue weighted by Crippen LogP contribution is -2.30. The second-order valence-electron chi connectivity index (χ2n) is 5.43. The van der Waals surface area contributed by atoms with Crippen molar-refractivity contribution in [2.24, 2.45) is 0 Å². The van der Waals surface area contributed by atoms with Gasteiger partial charge in [-0.05, 0) is 55.1 Å². The maximum absolute atomic E-state index is 11.0. The van der Waals surface area contributed by atoms with Gasteiger partial charge in [-0.3, -0.25) is 10.1 Å². The number of benzene rings is 1. The molecule has 4 nitrogen and oxygen atoms in total. The van der Waals surface area contributed by atoms with Gasteiger partial charge in [-0.2, -0.15) is 11.3 Å². The average Bonchev–Trinajstić information content (AvgIpc) is 2.91. The summed E-state index contributed by atoms with van der Waals surface area (Å²) in [5.41, 5.74) is 3.15. The summed E-state index contributed by atoms with van der Waals surface area (Å²) in [5, 5.41) is 18.7. The zero-order valence-electron chi connectivity index (χ0n) is 12.5. The van der Waals surface area contributed by atoms with Crippen molar-refractivity contribution in [1.82, 2.24) is 5.32 Å². The molecule has 1 aromatic carbocycles. The monoisotopic (exact) mass is 304 g/mol. The molecule has 2 unspecified atom stereocenters. The molecule has 0 radical (unpaired) electrons. The smallest absolute Gasteiger partial charge is 0.272 e. The van der Waals surface area contributed by atoms with Gasteiger partial charge >= 0.3 is 0 Å². The van der Waals surface area contributed by atoms with Crippen LogP contribution in [0.15, 0.2) is 35.0 Å². The highest BCUT2D eigenvalue weighted by Crippen LogP contribution is 2.23. The van der Waals surface area contributed by atoms with E-state index in [4.69, 9.17) is 0 Å². The summed E-state index contributed by atoms with van der Waals surface area (Å²) >= 11 is 1.70. The van der Waals surface area contributed by atoms with Crippen LogP contribution < -0.4 is 5.32 Å². The highest BCUT2D eigenvalue weighted by molar-refractivity contribution is 7.07. The Kier molecular flexibility index (Phi) is 5.09. The van der Waals surface area contributed by atoms with Crippen molar-refractivity contribution < 1.29 is 4.92 Å². The largest absolute Gasteiger partial charge is 0.307 e. The second-order valence-corrected chi connectivity index (χ2v) is 6.21. The van der Waals surface area contributed by atoms with Crippen molar-refractivity contribution in [3.8, 4) is 0 Å². The number of nitrogens with zero attached hydrogens (tertiary/aromatic N) is 1. The molecule has 1 heterocycles. The van der Waals surface area contributed by atoms with Gasteiger partial charge in [-0.1, -0.05) is 12.1 Å². The van der Waals surface area contributed by atoms with E-state index >= 15 is 0 Å². The van der Waals surface area contributed by atoms with Crippen molar-refractivity contribution in [3.63, 3.8) is 0 Å². The number of thiophene rings is 1. The van der Waals surface area contributed by atoms with Crippen LogP contribution in [0.3, 0.4) is 0 Å². The Bertz CT molecular complexity index is 611. The number of nitro groups is 1. The van der Waals surface area contributed by atoms with E-state index in [1.54, 1.807) is 24.3 Å². The van der Waals surface area contributed by atoms with E-state index in [0.29, 0.717) is 11.6 Å². The summed E-state index contributed by atoms with van der Waals surface area (Å²) in [7, 11) is 0.